The Kier molecular flexibility index (Phi) is 61.5. The van der Waals surface area contributed by atoms with Gasteiger partial charge in [0.2, 0.25) is 5.91 Å². The molecule has 0 aliphatic rings. The first-order valence-corrected chi connectivity index (χ1v) is 32.9. The maximum Gasteiger partial charge on any atom is 0.305 e. The van der Waals surface area contributed by atoms with Crippen molar-refractivity contribution in [2.75, 3.05) is 13.2 Å². The first kappa shape index (κ1) is 71.8. The number of unbranched alkanes of at least 4 members (excludes halogenated alkanes) is 44. The Balaban J connectivity index is 3.48. The number of rotatable bonds is 61. The minimum atomic E-state index is -0.855. The first-order chi connectivity index (χ1) is 36.5. The number of amides is 1. The van der Waals surface area contributed by atoms with Gasteiger partial charge in [-0.05, 0) is 89.9 Å². The maximum atomic E-state index is 12.5. The molecule has 0 saturated heterocycles. The van der Waals surface area contributed by atoms with Crippen LogP contribution in [0.2, 0.25) is 0 Å². The molecule has 434 valence electrons. The smallest absolute Gasteiger partial charge is 0.305 e. The molecule has 1 amide bonds. The van der Waals surface area contributed by atoms with Crippen molar-refractivity contribution >= 4 is 11.9 Å². The molecule has 0 heterocycles. The lowest BCUT2D eigenvalue weighted by Gasteiger charge is -2.20. The molecule has 0 saturated carbocycles. The standard InChI is InChI=1S/C68H127NO5/c1-3-5-7-9-11-13-15-17-19-21-22-23-24-25-29-32-36-40-44-48-52-56-60-66(71)65(64-70)69-67(72)61-57-53-49-45-41-37-33-30-26-27-31-35-39-43-47-51-55-59-63-74-68(73)62-58-54-50-46-42-38-34-28-20-18-16-14-12-10-8-6-4-2/h12,14,18,20,30,33,56,60,65-66,70-71H,3-11,13,15-17,19,21-29,31-32,34-55,57-59,61-64H2,1-2H3,(H,69,72)/b14-12-,20-18-,33-30-,60-56+. The van der Waals surface area contributed by atoms with E-state index in [-0.39, 0.29) is 18.5 Å². The van der Waals surface area contributed by atoms with E-state index in [1.165, 1.54) is 250 Å². The Hall–Kier alpha value is -2.18. The second-order valence-corrected chi connectivity index (χ2v) is 22.4. The highest BCUT2D eigenvalue weighted by atomic mass is 16.5. The molecule has 0 radical (unpaired) electrons. The second kappa shape index (κ2) is 63.4. The molecule has 6 nitrogen and oxygen atoms in total. The Bertz CT molecular complexity index is 1240. The molecule has 74 heavy (non-hydrogen) atoms. The summed E-state index contributed by atoms with van der Waals surface area (Å²) < 4.78 is 5.48. The van der Waals surface area contributed by atoms with E-state index in [0.717, 1.165) is 70.6 Å². The van der Waals surface area contributed by atoms with Crippen molar-refractivity contribution in [3.05, 3.63) is 48.6 Å². The van der Waals surface area contributed by atoms with Gasteiger partial charge in [-0.15, -0.1) is 0 Å². The van der Waals surface area contributed by atoms with Crippen molar-refractivity contribution in [2.45, 2.75) is 360 Å². The molecule has 0 aromatic rings. The van der Waals surface area contributed by atoms with Crippen molar-refractivity contribution < 1.29 is 24.5 Å². The maximum absolute atomic E-state index is 12.5. The number of esters is 1. The number of hydrogen-bond acceptors (Lipinski definition) is 5. The van der Waals surface area contributed by atoms with E-state index in [1.807, 2.05) is 6.08 Å². The van der Waals surface area contributed by atoms with Gasteiger partial charge in [-0.25, -0.2) is 0 Å². The average Bonchev–Trinajstić information content (AvgIpc) is 3.40. The summed E-state index contributed by atoms with van der Waals surface area (Å²) in [5, 5.41) is 23.2. The predicted octanol–water partition coefficient (Wildman–Crippen LogP) is 20.9. The van der Waals surface area contributed by atoms with Gasteiger partial charge in [0, 0.05) is 12.8 Å². The third-order valence-corrected chi connectivity index (χ3v) is 15.1. The van der Waals surface area contributed by atoms with Crippen LogP contribution in [0.4, 0.5) is 0 Å². The van der Waals surface area contributed by atoms with Gasteiger partial charge in [-0.2, -0.15) is 0 Å². The van der Waals surface area contributed by atoms with Crippen LogP contribution in [0.3, 0.4) is 0 Å². The summed E-state index contributed by atoms with van der Waals surface area (Å²) in [5.41, 5.74) is 0. The minimum absolute atomic E-state index is 0.00548. The Morgan fingerprint density at radius 1 is 0.378 bits per heavy atom. The topological polar surface area (TPSA) is 95.9 Å². The normalized spacial score (nSPS) is 12.9. The molecule has 3 N–H and O–H groups in total. The number of nitrogens with one attached hydrogen (secondary N) is 1. The van der Waals surface area contributed by atoms with Gasteiger partial charge in [0.05, 0.1) is 25.4 Å². The average molecular weight is 1040 g/mol. The molecule has 0 fully saturated rings. The lowest BCUT2D eigenvalue weighted by atomic mass is 10.0. The van der Waals surface area contributed by atoms with Gasteiger partial charge in [0.15, 0.2) is 0 Å². The monoisotopic (exact) mass is 1040 g/mol. The number of hydrogen-bond donors (Lipinski definition) is 3. The highest BCUT2D eigenvalue weighted by Gasteiger charge is 2.18. The van der Waals surface area contributed by atoms with Crippen LogP contribution in [-0.2, 0) is 14.3 Å². The summed E-state index contributed by atoms with van der Waals surface area (Å²) in [4.78, 5) is 24.6. The van der Waals surface area contributed by atoms with Gasteiger partial charge in [-0.1, -0.05) is 294 Å². The van der Waals surface area contributed by atoms with E-state index in [1.54, 1.807) is 6.08 Å². The lowest BCUT2D eigenvalue weighted by Crippen LogP contribution is -2.45. The Morgan fingerprint density at radius 2 is 0.676 bits per heavy atom. The molecule has 0 spiro atoms. The number of allylic oxidation sites excluding steroid dienone is 7. The zero-order valence-electron chi connectivity index (χ0n) is 49.6. The zero-order valence-corrected chi connectivity index (χ0v) is 49.6. The van der Waals surface area contributed by atoms with Crippen molar-refractivity contribution in [2.24, 2.45) is 0 Å². The molecule has 0 aromatic heterocycles. The van der Waals surface area contributed by atoms with Crippen LogP contribution in [0.25, 0.3) is 0 Å². The van der Waals surface area contributed by atoms with Crippen LogP contribution < -0.4 is 5.32 Å². The molecular formula is C68H127NO5. The quantitative estimate of drug-likeness (QED) is 0.0320. The van der Waals surface area contributed by atoms with Crippen molar-refractivity contribution in [3.63, 3.8) is 0 Å². The molecule has 0 aromatic carbocycles. The van der Waals surface area contributed by atoms with Crippen molar-refractivity contribution in [3.8, 4) is 0 Å². The lowest BCUT2D eigenvalue weighted by molar-refractivity contribution is -0.143. The number of carbonyl (C=O) groups is 2. The van der Waals surface area contributed by atoms with E-state index in [2.05, 4.69) is 55.6 Å². The van der Waals surface area contributed by atoms with E-state index in [9.17, 15) is 19.8 Å². The third-order valence-electron chi connectivity index (χ3n) is 15.1. The van der Waals surface area contributed by atoms with Gasteiger partial charge in [0.1, 0.15) is 0 Å². The van der Waals surface area contributed by atoms with Crippen molar-refractivity contribution in [1.82, 2.24) is 5.32 Å². The number of carbonyl (C=O) groups excluding carboxylic acids is 2. The third kappa shape index (κ3) is 59.1. The number of ether oxygens (including phenoxy) is 1. The fourth-order valence-electron chi connectivity index (χ4n) is 10.0. The van der Waals surface area contributed by atoms with Gasteiger partial charge >= 0.3 is 5.97 Å². The number of aliphatic hydroxyl groups excluding tert-OH is 2. The molecule has 2 unspecified atom stereocenters. The van der Waals surface area contributed by atoms with E-state index < -0.39 is 12.1 Å². The highest BCUT2D eigenvalue weighted by Crippen LogP contribution is 2.17. The fraction of sp³-hybridized carbons (Fsp3) is 0.853. The van der Waals surface area contributed by atoms with Gasteiger partial charge in [-0.3, -0.25) is 9.59 Å². The Morgan fingerprint density at radius 3 is 1.07 bits per heavy atom. The Labute approximate surface area is 461 Å². The van der Waals surface area contributed by atoms with Crippen LogP contribution in [-0.4, -0.2) is 47.4 Å². The van der Waals surface area contributed by atoms with Crippen LogP contribution in [0.1, 0.15) is 348 Å². The van der Waals surface area contributed by atoms with E-state index in [4.69, 9.17) is 4.74 Å². The SMILES string of the molecule is CCCCC/C=C\C/C=C\CCCCCCCCCC(=O)OCCCCCCCCCCC/C=C\CCCCCCCC(=O)NC(CO)C(O)/C=C/CCCCCCCCCCCCCCCCCCCCCC. The van der Waals surface area contributed by atoms with E-state index >= 15 is 0 Å². The first-order valence-electron chi connectivity index (χ1n) is 32.9. The number of aliphatic hydroxyl groups is 2. The van der Waals surface area contributed by atoms with Gasteiger partial charge < -0.3 is 20.3 Å². The summed E-state index contributed by atoms with van der Waals surface area (Å²) in [6, 6.07) is -0.640. The molecule has 0 rings (SSSR count). The summed E-state index contributed by atoms with van der Waals surface area (Å²) in [6.07, 6.45) is 81.6. The molecule has 0 aliphatic heterocycles. The van der Waals surface area contributed by atoms with Gasteiger partial charge in [0.25, 0.3) is 0 Å². The minimum Gasteiger partial charge on any atom is -0.466 e. The molecular weight excluding hydrogens is 911 g/mol. The highest BCUT2D eigenvalue weighted by molar-refractivity contribution is 5.76. The molecule has 2 atom stereocenters. The second-order valence-electron chi connectivity index (χ2n) is 22.4. The van der Waals surface area contributed by atoms with Crippen LogP contribution in [0.5, 0.6) is 0 Å². The predicted molar refractivity (Wildman–Crippen MR) is 324 cm³/mol. The van der Waals surface area contributed by atoms with Crippen molar-refractivity contribution in [1.29, 1.82) is 0 Å². The summed E-state index contributed by atoms with van der Waals surface area (Å²) >= 11 is 0. The zero-order chi connectivity index (χ0) is 53.6. The fourth-order valence-corrected chi connectivity index (χ4v) is 10.0. The van der Waals surface area contributed by atoms with E-state index in [0.29, 0.717) is 19.4 Å². The van der Waals surface area contributed by atoms with Crippen LogP contribution in [0, 0.1) is 0 Å². The van der Waals surface area contributed by atoms with Crippen LogP contribution >= 0.6 is 0 Å². The molecule has 6 heteroatoms. The summed E-state index contributed by atoms with van der Waals surface area (Å²) in [5.74, 6) is -0.0856. The molecule has 0 bridgehead atoms. The summed E-state index contributed by atoms with van der Waals surface area (Å²) in [7, 11) is 0. The summed E-state index contributed by atoms with van der Waals surface area (Å²) in [6.45, 7) is 4.88. The molecule has 0 aliphatic carbocycles. The largest absolute Gasteiger partial charge is 0.466 e. The van der Waals surface area contributed by atoms with Crippen LogP contribution in [0.15, 0.2) is 48.6 Å².